The highest BCUT2D eigenvalue weighted by molar-refractivity contribution is 5.78. The number of hydrogen-bond acceptors (Lipinski definition) is 4. The minimum absolute atomic E-state index is 0.0118. The maximum Gasteiger partial charge on any atom is 0.223 e. The van der Waals surface area contributed by atoms with Crippen molar-refractivity contribution >= 4 is 11.8 Å². The Hall–Kier alpha value is -1.89. The molecule has 4 fully saturated rings. The van der Waals surface area contributed by atoms with Gasteiger partial charge in [-0.05, 0) is 43.9 Å². The van der Waals surface area contributed by atoms with E-state index in [1.807, 2.05) is 6.20 Å². The third-order valence-corrected chi connectivity index (χ3v) is 7.19. The summed E-state index contributed by atoms with van der Waals surface area (Å²) in [4.78, 5) is 33.7. The molecule has 1 aromatic heterocycles. The molecule has 4 atom stereocenters. The van der Waals surface area contributed by atoms with Crippen LogP contribution >= 0.6 is 0 Å². The minimum atomic E-state index is -0.0118. The van der Waals surface area contributed by atoms with E-state index in [4.69, 9.17) is 0 Å². The second kappa shape index (κ2) is 7.17. The maximum atomic E-state index is 12.8. The molecule has 0 spiro atoms. The van der Waals surface area contributed by atoms with Crippen molar-refractivity contribution in [2.45, 2.75) is 70.1 Å². The van der Waals surface area contributed by atoms with E-state index in [9.17, 15) is 9.59 Å². The first-order chi connectivity index (χ1) is 13.6. The second-order valence-electron chi connectivity index (χ2n) is 9.20. The van der Waals surface area contributed by atoms with Gasteiger partial charge in [0.25, 0.3) is 0 Å². The van der Waals surface area contributed by atoms with E-state index in [1.54, 1.807) is 6.92 Å². The standard InChI is InChI=1S/C21H31N5O2/c1-14(27)23-10-19-16-9-15(18-3-2-4-21(28)26(18)19)11-24(12-16)13-20-22-7-8-25(20)17-5-6-17/h7-8,15-19H,2-6,9-13H2,1H3,(H,23,27)/t15-,16+,18+,19+/m1/s1. The van der Waals surface area contributed by atoms with Gasteiger partial charge >= 0.3 is 0 Å². The Kier molecular flexibility index (Phi) is 4.65. The van der Waals surface area contributed by atoms with Crippen molar-refractivity contribution in [3.63, 3.8) is 0 Å². The van der Waals surface area contributed by atoms with Gasteiger partial charge in [-0.1, -0.05) is 0 Å². The van der Waals surface area contributed by atoms with Gasteiger partial charge < -0.3 is 14.8 Å². The molecular weight excluding hydrogens is 354 g/mol. The lowest BCUT2D eigenvalue weighted by Gasteiger charge is -2.56. The lowest BCUT2D eigenvalue weighted by Crippen LogP contribution is -2.67. The van der Waals surface area contributed by atoms with Crippen LogP contribution in [0, 0.1) is 11.8 Å². The van der Waals surface area contributed by atoms with Crippen molar-refractivity contribution in [1.82, 2.24) is 24.7 Å². The first-order valence-electron chi connectivity index (χ1n) is 10.9. The zero-order valence-electron chi connectivity index (χ0n) is 16.7. The van der Waals surface area contributed by atoms with Crippen LogP contribution in [0.1, 0.15) is 57.3 Å². The summed E-state index contributed by atoms with van der Waals surface area (Å²) in [5.41, 5.74) is 0. The Morgan fingerprint density at radius 2 is 2.07 bits per heavy atom. The lowest BCUT2D eigenvalue weighted by atomic mass is 9.72. The number of nitrogens with one attached hydrogen (secondary N) is 1. The van der Waals surface area contributed by atoms with Gasteiger partial charge in [-0.2, -0.15) is 0 Å². The van der Waals surface area contributed by atoms with Crippen LogP contribution in [0.3, 0.4) is 0 Å². The molecule has 3 aliphatic heterocycles. The molecule has 2 amide bonds. The number of amides is 2. The number of piperidine rings is 3. The number of likely N-dealkylation sites (tertiary alicyclic amines) is 1. The molecule has 1 N–H and O–H groups in total. The van der Waals surface area contributed by atoms with Gasteiger partial charge in [0.15, 0.2) is 0 Å². The third kappa shape index (κ3) is 3.34. The summed E-state index contributed by atoms with van der Waals surface area (Å²) in [6.07, 6.45) is 10.5. The molecule has 0 aromatic carbocycles. The van der Waals surface area contributed by atoms with Crippen LogP contribution in [0.4, 0.5) is 0 Å². The fourth-order valence-corrected chi connectivity index (χ4v) is 5.86. The van der Waals surface area contributed by atoms with Crippen molar-refractivity contribution < 1.29 is 9.59 Å². The number of carbonyl (C=O) groups is 2. The van der Waals surface area contributed by atoms with E-state index in [1.165, 1.54) is 25.1 Å². The fraction of sp³-hybridized carbons (Fsp3) is 0.762. The lowest BCUT2D eigenvalue weighted by molar-refractivity contribution is -0.153. The molecule has 4 aliphatic rings. The smallest absolute Gasteiger partial charge is 0.223 e. The predicted molar refractivity (Wildman–Crippen MR) is 104 cm³/mol. The van der Waals surface area contributed by atoms with Crippen molar-refractivity contribution in [3.05, 3.63) is 18.2 Å². The molecule has 1 aromatic rings. The highest BCUT2D eigenvalue weighted by Crippen LogP contribution is 2.42. The first-order valence-corrected chi connectivity index (χ1v) is 10.9. The Morgan fingerprint density at radius 3 is 2.86 bits per heavy atom. The van der Waals surface area contributed by atoms with E-state index in [0.29, 0.717) is 42.8 Å². The normalized spacial score (nSPS) is 32.9. The second-order valence-corrected chi connectivity index (χ2v) is 9.20. The minimum Gasteiger partial charge on any atom is -0.354 e. The molecule has 4 heterocycles. The fourth-order valence-electron chi connectivity index (χ4n) is 5.86. The molecule has 1 aliphatic carbocycles. The van der Waals surface area contributed by atoms with Crippen molar-refractivity contribution in [3.8, 4) is 0 Å². The van der Waals surface area contributed by atoms with Gasteiger partial charge in [-0.3, -0.25) is 14.5 Å². The van der Waals surface area contributed by atoms with Crippen molar-refractivity contribution in [2.24, 2.45) is 11.8 Å². The van der Waals surface area contributed by atoms with Crippen molar-refractivity contribution in [1.29, 1.82) is 0 Å². The highest BCUT2D eigenvalue weighted by Gasteiger charge is 2.49. The molecule has 28 heavy (non-hydrogen) atoms. The summed E-state index contributed by atoms with van der Waals surface area (Å²) in [5, 5.41) is 3.00. The van der Waals surface area contributed by atoms with Gasteiger partial charge in [-0.15, -0.1) is 0 Å². The molecule has 0 unspecified atom stereocenters. The predicted octanol–water partition coefficient (Wildman–Crippen LogP) is 1.56. The van der Waals surface area contributed by atoms with E-state index >= 15 is 0 Å². The quantitative estimate of drug-likeness (QED) is 0.835. The molecular formula is C21H31N5O2. The number of imidazole rings is 1. The van der Waals surface area contributed by atoms with Crippen LogP contribution in [0.2, 0.25) is 0 Å². The van der Waals surface area contributed by atoms with E-state index < -0.39 is 0 Å². The number of rotatable bonds is 5. The number of fused-ring (bicyclic) bond motifs is 4. The van der Waals surface area contributed by atoms with Gasteiger partial charge in [0.05, 0.1) is 12.6 Å². The van der Waals surface area contributed by atoms with Crippen LogP contribution in [0.15, 0.2) is 12.4 Å². The van der Waals surface area contributed by atoms with Gasteiger partial charge in [0, 0.05) is 57.5 Å². The summed E-state index contributed by atoms with van der Waals surface area (Å²) in [5.74, 6) is 2.42. The zero-order chi connectivity index (χ0) is 19.3. The highest BCUT2D eigenvalue weighted by atomic mass is 16.2. The Bertz CT molecular complexity index is 758. The number of nitrogens with zero attached hydrogens (tertiary/aromatic N) is 4. The first kappa shape index (κ1) is 18.2. The molecule has 1 saturated carbocycles. The van der Waals surface area contributed by atoms with Gasteiger partial charge in [0.2, 0.25) is 11.8 Å². The van der Waals surface area contributed by atoms with Crippen LogP contribution in [-0.4, -0.2) is 62.9 Å². The largest absolute Gasteiger partial charge is 0.354 e. The summed E-state index contributed by atoms with van der Waals surface area (Å²) >= 11 is 0. The molecule has 5 rings (SSSR count). The van der Waals surface area contributed by atoms with E-state index in [-0.39, 0.29) is 11.9 Å². The molecule has 7 nitrogen and oxygen atoms in total. The van der Waals surface area contributed by atoms with Gasteiger partial charge in [-0.25, -0.2) is 4.98 Å². The van der Waals surface area contributed by atoms with Crippen LogP contribution < -0.4 is 5.32 Å². The molecule has 3 saturated heterocycles. The van der Waals surface area contributed by atoms with E-state index in [2.05, 4.69) is 30.9 Å². The molecule has 152 valence electrons. The molecule has 2 bridgehead atoms. The molecule has 0 radical (unpaired) electrons. The summed E-state index contributed by atoms with van der Waals surface area (Å²) in [6.45, 7) is 5.07. The summed E-state index contributed by atoms with van der Waals surface area (Å²) in [7, 11) is 0. The topological polar surface area (TPSA) is 70.5 Å². The average molecular weight is 386 g/mol. The Balaban J connectivity index is 1.35. The molecule has 7 heteroatoms. The monoisotopic (exact) mass is 385 g/mol. The third-order valence-electron chi connectivity index (χ3n) is 7.19. The summed E-state index contributed by atoms with van der Waals surface area (Å²) < 4.78 is 2.36. The Labute approximate surface area is 166 Å². The zero-order valence-corrected chi connectivity index (χ0v) is 16.7. The maximum absolute atomic E-state index is 12.8. The number of hydrogen-bond donors (Lipinski definition) is 1. The average Bonchev–Trinajstić information content (AvgIpc) is 3.41. The Morgan fingerprint density at radius 1 is 1.25 bits per heavy atom. The van der Waals surface area contributed by atoms with E-state index in [0.717, 1.165) is 32.5 Å². The summed E-state index contributed by atoms with van der Waals surface area (Å²) in [6, 6.07) is 1.12. The van der Waals surface area contributed by atoms with Crippen LogP contribution in [-0.2, 0) is 16.1 Å². The number of carbonyl (C=O) groups excluding carboxylic acids is 2. The SMILES string of the molecule is CC(=O)NC[C@H]1[C@H]2C[C@H](CN(Cc3nccn3C3CC3)C2)[C@@H]2CCCC(=O)N21. The van der Waals surface area contributed by atoms with Crippen LogP contribution in [0.5, 0.6) is 0 Å². The van der Waals surface area contributed by atoms with Crippen molar-refractivity contribution in [2.75, 3.05) is 19.6 Å². The number of aromatic nitrogens is 2. The van der Waals surface area contributed by atoms with Crippen LogP contribution in [0.25, 0.3) is 0 Å². The van der Waals surface area contributed by atoms with Gasteiger partial charge in [0.1, 0.15) is 5.82 Å².